The second-order valence-corrected chi connectivity index (χ2v) is 5.20. The lowest BCUT2D eigenvalue weighted by Gasteiger charge is -2.26. The van der Waals surface area contributed by atoms with Crippen molar-refractivity contribution in [3.8, 4) is 0 Å². The maximum atomic E-state index is 6.20. The van der Waals surface area contributed by atoms with Crippen LogP contribution in [0.15, 0.2) is 42.5 Å². The number of rotatable bonds is 1. The Morgan fingerprint density at radius 1 is 1.06 bits per heavy atom. The molecule has 2 atom stereocenters. The number of benzene rings is 2. The third-order valence-electron chi connectivity index (χ3n) is 3.37. The van der Waals surface area contributed by atoms with Crippen molar-refractivity contribution in [2.45, 2.75) is 24.3 Å². The van der Waals surface area contributed by atoms with E-state index < -0.39 is 0 Å². The van der Waals surface area contributed by atoms with Crippen LogP contribution in [0.3, 0.4) is 0 Å². The second-order valence-electron chi connectivity index (χ2n) is 4.59. The van der Waals surface area contributed by atoms with Gasteiger partial charge in [0.1, 0.15) is 0 Å². The zero-order valence-corrected chi connectivity index (χ0v) is 10.4. The number of ether oxygens (including phenoxy) is 1. The summed E-state index contributed by atoms with van der Waals surface area (Å²) in [5, 5.41) is 2.79. The van der Waals surface area contributed by atoms with Gasteiger partial charge in [-0.3, -0.25) is 0 Å². The fourth-order valence-electron chi connectivity index (χ4n) is 2.40. The summed E-state index contributed by atoms with van der Waals surface area (Å²) >= 11 is 6.20. The molecule has 2 heteroatoms. The van der Waals surface area contributed by atoms with Crippen LogP contribution in [0.1, 0.15) is 24.5 Å². The molecule has 0 saturated carbocycles. The van der Waals surface area contributed by atoms with E-state index in [-0.39, 0.29) is 11.5 Å². The second kappa shape index (κ2) is 4.67. The molecule has 0 aromatic heterocycles. The summed E-state index contributed by atoms with van der Waals surface area (Å²) in [6.07, 6.45) is 2.04. The minimum Gasteiger partial charge on any atom is -0.373 e. The highest BCUT2D eigenvalue weighted by Crippen LogP contribution is 2.32. The highest BCUT2D eigenvalue weighted by molar-refractivity contribution is 6.20. The molecule has 1 saturated heterocycles. The summed E-state index contributed by atoms with van der Waals surface area (Å²) in [4.78, 5) is 0. The summed E-state index contributed by atoms with van der Waals surface area (Å²) in [6.45, 7) is 0.770. The van der Waals surface area contributed by atoms with Crippen molar-refractivity contribution in [1.82, 2.24) is 0 Å². The molecule has 0 radical (unpaired) electrons. The number of fused-ring (bicyclic) bond motifs is 1. The Balaban J connectivity index is 1.94. The van der Waals surface area contributed by atoms with Crippen LogP contribution >= 0.6 is 11.6 Å². The van der Waals surface area contributed by atoms with Crippen LogP contribution in [0, 0.1) is 0 Å². The molecule has 0 N–H and O–H groups in total. The number of halogens is 1. The number of alkyl halides is 1. The van der Waals surface area contributed by atoms with Crippen LogP contribution in [-0.2, 0) is 4.74 Å². The molecule has 17 heavy (non-hydrogen) atoms. The highest BCUT2D eigenvalue weighted by Gasteiger charge is 2.22. The van der Waals surface area contributed by atoms with Crippen LogP contribution in [0.2, 0.25) is 0 Å². The van der Waals surface area contributed by atoms with Gasteiger partial charge in [-0.15, -0.1) is 11.6 Å². The van der Waals surface area contributed by atoms with Crippen molar-refractivity contribution < 1.29 is 4.74 Å². The Bertz CT molecular complexity index is 523. The van der Waals surface area contributed by atoms with Crippen LogP contribution in [0.4, 0.5) is 0 Å². The van der Waals surface area contributed by atoms with Gasteiger partial charge >= 0.3 is 0 Å². The first-order valence-corrected chi connectivity index (χ1v) is 6.51. The van der Waals surface area contributed by atoms with Gasteiger partial charge in [-0.2, -0.15) is 0 Å². The predicted molar refractivity (Wildman–Crippen MR) is 71.5 cm³/mol. The maximum absolute atomic E-state index is 6.20. The SMILES string of the molecule is ClC1CCOC(c2ccc3ccccc3c2)C1. The van der Waals surface area contributed by atoms with Crippen LogP contribution in [-0.4, -0.2) is 12.0 Å². The monoisotopic (exact) mass is 246 g/mol. The zero-order chi connectivity index (χ0) is 11.7. The van der Waals surface area contributed by atoms with E-state index in [0.29, 0.717) is 0 Å². The largest absolute Gasteiger partial charge is 0.373 e. The summed E-state index contributed by atoms with van der Waals surface area (Å²) in [7, 11) is 0. The van der Waals surface area contributed by atoms with Crippen molar-refractivity contribution >= 4 is 22.4 Å². The molecular weight excluding hydrogens is 232 g/mol. The predicted octanol–water partition coefficient (Wildman–Crippen LogP) is 4.30. The van der Waals surface area contributed by atoms with Crippen LogP contribution in [0.5, 0.6) is 0 Å². The molecule has 1 nitrogen and oxygen atoms in total. The topological polar surface area (TPSA) is 9.23 Å². The van der Waals surface area contributed by atoms with Crippen molar-refractivity contribution in [3.05, 3.63) is 48.0 Å². The van der Waals surface area contributed by atoms with E-state index in [1.54, 1.807) is 0 Å². The Morgan fingerprint density at radius 3 is 2.71 bits per heavy atom. The third-order valence-corrected chi connectivity index (χ3v) is 3.76. The first kappa shape index (κ1) is 11.1. The van der Waals surface area contributed by atoms with Crippen LogP contribution in [0.25, 0.3) is 10.8 Å². The van der Waals surface area contributed by atoms with Crippen molar-refractivity contribution in [2.75, 3.05) is 6.61 Å². The molecule has 0 amide bonds. The van der Waals surface area contributed by atoms with E-state index >= 15 is 0 Å². The average molecular weight is 247 g/mol. The molecule has 2 aromatic carbocycles. The molecular formula is C15H15ClO. The van der Waals surface area contributed by atoms with E-state index in [2.05, 4.69) is 42.5 Å². The molecule has 1 fully saturated rings. The fraction of sp³-hybridized carbons (Fsp3) is 0.333. The summed E-state index contributed by atoms with van der Waals surface area (Å²) in [6, 6.07) is 14.9. The Kier molecular flexibility index (Phi) is 3.04. The summed E-state index contributed by atoms with van der Waals surface area (Å²) in [5.74, 6) is 0. The molecule has 1 heterocycles. The van der Waals surface area contributed by atoms with E-state index in [1.165, 1.54) is 16.3 Å². The van der Waals surface area contributed by atoms with E-state index in [1.807, 2.05) is 0 Å². The molecule has 3 rings (SSSR count). The van der Waals surface area contributed by atoms with Gasteiger partial charge in [-0.05, 0) is 35.2 Å². The zero-order valence-electron chi connectivity index (χ0n) is 9.60. The van der Waals surface area contributed by atoms with Gasteiger partial charge in [0.2, 0.25) is 0 Å². The fourth-order valence-corrected chi connectivity index (χ4v) is 2.65. The quantitative estimate of drug-likeness (QED) is 0.682. The van der Waals surface area contributed by atoms with Crippen molar-refractivity contribution in [3.63, 3.8) is 0 Å². The van der Waals surface area contributed by atoms with E-state index in [4.69, 9.17) is 16.3 Å². The molecule has 2 aromatic rings. The Morgan fingerprint density at radius 2 is 1.88 bits per heavy atom. The van der Waals surface area contributed by atoms with Gasteiger partial charge in [0.15, 0.2) is 0 Å². The van der Waals surface area contributed by atoms with Crippen molar-refractivity contribution in [1.29, 1.82) is 0 Å². The maximum Gasteiger partial charge on any atom is 0.0839 e. The van der Waals surface area contributed by atoms with E-state index in [0.717, 1.165) is 19.4 Å². The molecule has 1 aliphatic heterocycles. The van der Waals surface area contributed by atoms with Gasteiger partial charge in [-0.25, -0.2) is 0 Å². The van der Waals surface area contributed by atoms with Gasteiger partial charge in [0.25, 0.3) is 0 Å². The molecule has 0 spiro atoms. The normalized spacial score (nSPS) is 25.0. The standard InChI is InChI=1S/C15H15ClO/c16-14-7-8-17-15(10-14)13-6-5-11-3-1-2-4-12(11)9-13/h1-6,9,14-15H,7-8,10H2. The highest BCUT2D eigenvalue weighted by atomic mass is 35.5. The lowest BCUT2D eigenvalue weighted by molar-refractivity contribution is 0.0169. The summed E-state index contributed by atoms with van der Waals surface area (Å²) in [5.41, 5.74) is 1.24. The van der Waals surface area contributed by atoms with Crippen molar-refractivity contribution in [2.24, 2.45) is 0 Å². The smallest absolute Gasteiger partial charge is 0.0839 e. The Hall–Kier alpha value is -1.05. The average Bonchev–Trinajstić information content (AvgIpc) is 2.38. The summed E-state index contributed by atoms with van der Waals surface area (Å²) < 4.78 is 5.80. The first-order chi connectivity index (χ1) is 8.33. The molecule has 88 valence electrons. The minimum atomic E-state index is 0.163. The molecule has 1 aliphatic rings. The Labute approximate surface area is 106 Å². The van der Waals surface area contributed by atoms with E-state index in [9.17, 15) is 0 Å². The first-order valence-electron chi connectivity index (χ1n) is 6.07. The lowest BCUT2D eigenvalue weighted by atomic mass is 9.98. The molecule has 2 unspecified atom stereocenters. The van der Waals surface area contributed by atoms with Gasteiger partial charge in [0, 0.05) is 12.0 Å². The van der Waals surface area contributed by atoms with Gasteiger partial charge < -0.3 is 4.74 Å². The number of hydrogen-bond donors (Lipinski definition) is 0. The minimum absolute atomic E-state index is 0.163. The lowest BCUT2D eigenvalue weighted by Crippen LogP contribution is -2.19. The van der Waals surface area contributed by atoms with Gasteiger partial charge in [-0.1, -0.05) is 36.4 Å². The molecule has 0 aliphatic carbocycles. The third kappa shape index (κ3) is 2.31. The van der Waals surface area contributed by atoms with Crippen LogP contribution < -0.4 is 0 Å². The van der Waals surface area contributed by atoms with Gasteiger partial charge in [0.05, 0.1) is 6.10 Å². The number of hydrogen-bond acceptors (Lipinski definition) is 1. The molecule has 0 bridgehead atoms.